The number of aromatic nitrogens is 2. The zero-order chi connectivity index (χ0) is 15.2. The summed E-state index contributed by atoms with van der Waals surface area (Å²) in [4.78, 5) is 19.8. The van der Waals surface area contributed by atoms with E-state index >= 15 is 0 Å². The molecule has 0 spiro atoms. The van der Waals surface area contributed by atoms with E-state index in [0.29, 0.717) is 12.2 Å². The van der Waals surface area contributed by atoms with Gasteiger partial charge in [0, 0.05) is 18.9 Å². The molecule has 1 aliphatic rings. The van der Waals surface area contributed by atoms with Crippen molar-refractivity contribution >= 4 is 5.91 Å². The van der Waals surface area contributed by atoms with Gasteiger partial charge in [0.1, 0.15) is 5.69 Å². The molecule has 0 saturated heterocycles. The van der Waals surface area contributed by atoms with Gasteiger partial charge < -0.3 is 5.32 Å². The number of hydrogen-bond acceptors (Lipinski definition) is 3. The van der Waals surface area contributed by atoms with Crippen LogP contribution >= 0.6 is 0 Å². The van der Waals surface area contributed by atoms with Crippen molar-refractivity contribution in [3.63, 3.8) is 0 Å². The lowest BCUT2D eigenvalue weighted by molar-refractivity contribution is 0.0945. The Morgan fingerprint density at radius 3 is 2.55 bits per heavy atom. The van der Waals surface area contributed by atoms with Crippen LogP contribution in [0.1, 0.15) is 59.6 Å². The number of hydrogen-bond donors (Lipinski definition) is 1. The number of carbonyl (C=O) groups excluding carboxylic acids is 1. The van der Waals surface area contributed by atoms with Crippen molar-refractivity contribution in [1.82, 2.24) is 15.3 Å². The largest absolute Gasteiger partial charge is 0.347 e. The molecule has 22 heavy (non-hydrogen) atoms. The molecule has 4 heteroatoms. The topological polar surface area (TPSA) is 54.9 Å². The maximum absolute atomic E-state index is 11.9. The standard InChI is InChI=1S/C18H21N3O/c22-18(17-13-19-10-11-20-17)21-12-14-6-8-16(9-7-14)15-4-2-1-3-5-15/h6-11,13,15H,1-5,12H2,(H,21,22). The Morgan fingerprint density at radius 2 is 1.86 bits per heavy atom. The second kappa shape index (κ2) is 7.16. The third kappa shape index (κ3) is 3.70. The van der Waals surface area contributed by atoms with E-state index in [1.165, 1.54) is 50.1 Å². The molecule has 1 heterocycles. The molecule has 1 amide bonds. The van der Waals surface area contributed by atoms with Gasteiger partial charge in [0.2, 0.25) is 0 Å². The average Bonchev–Trinajstić information content (AvgIpc) is 2.61. The maximum Gasteiger partial charge on any atom is 0.271 e. The number of nitrogens with one attached hydrogen (secondary N) is 1. The van der Waals surface area contributed by atoms with Crippen molar-refractivity contribution in [1.29, 1.82) is 0 Å². The minimum atomic E-state index is -0.190. The highest BCUT2D eigenvalue weighted by molar-refractivity contribution is 5.91. The fourth-order valence-corrected chi connectivity index (χ4v) is 3.03. The molecule has 0 radical (unpaired) electrons. The van der Waals surface area contributed by atoms with Crippen molar-refractivity contribution in [2.45, 2.75) is 44.6 Å². The highest BCUT2D eigenvalue weighted by Gasteiger charge is 2.15. The van der Waals surface area contributed by atoms with Crippen LogP contribution in [0.4, 0.5) is 0 Å². The molecule has 4 nitrogen and oxygen atoms in total. The third-order valence-corrected chi connectivity index (χ3v) is 4.31. The summed E-state index contributed by atoms with van der Waals surface area (Å²) in [5.41, 5.74) is 2.89. The lowest BCUT2D eigenvalue weighted by atomic mass is 9.84. The molecule has 2 aromatic rings. The Morgan fingerprint density at radius 1 is 1.09 bits per heavy atom. The van der Waals surface area contributed by atoms with E-state index in [4.69, 9.17) is 0 Å². The second-order valence-electron chi connectivity index (χ2n) is 5.85. The third-order valence-electron chi connectivity index (χ3n) is 4.31. The molecule has 0 atom stereocenters. The Labute approximate surface area is 131 Å². The van der Waals surface area contributed by atoms with Crippen LogP contribution < -0.4 is 5.32 Å². The summed E-state index contributed by atoms with van der Waals surface area (Å²) >= 11 is 0. The van der Waals surface area contributed by atoms with Gasteiger partial charge in [-0.05, 0) is 29.9 Å². The first kappa shape index (κ1) is 14.7. The van der Waals surface area contributed by atoms with E-state index in [9.17, 15) is 4.79 Å². The van der Waals surface area contributed by atoms with Crippen LogP contribution in [0.15, 0.2) is 42.9 Å². The lowest BCUT2D eigenvalue weighted by Gasteiger charge is -2.22. The smallest absolute Gasteiger partial charge is 0.271 e. The van der Waals surface area contributed by atoms with Crippen molar-refractivity contribution in [3.8, 4) is 0 Å². The highest BCUT2D eigenvalue weighted by atomic mass is 16.1. The van der Waals surface area contributed by atoms with E-state index in [1.807, 2.05) is 0 Å². The van der Waals surface area contributed by atoms with E-state index in [2.05, 4.69) is 39.6 Å². The average molecular weight is 295 g/mol. The number of amides is 1. The molecule has 1 aromatic carbocycles. The van der Waals surface area contributed by atoms with Crippen molar-refractivity contribution < 1.29 is 4.79 Å². The number of benzene rings is 1. The monoisotopic (exact) mass is 295 g/mol. The summed E-state index contributed by atoms with van der Waals surface area (Å²) in [5, 5.41) is 2.87. The van der Waals surface area contributed by atoms with Crippen LogP contribution in [-0.2, 0) is 6.54 Å². The van der Waals surface area contributed by atoms with E-state index in [0.717, 1.165) is 11.5 Å². The summed E-state index contributed by atoms with van der Waals surface area (Å²) in [6, 6.07) is 8.64. The fourth-order valence-electron chi connectivity index (χ4n) is 3.03. The van der Waals surface area contributed by atoms with Gasteiger partial charge in [0.25, 0.3) is 5.91 Å². The van der Waals surface area contributed by atoms with Gasteiger partial charge in [0.05, 0.1) is 6.20 Å². The van der Waals surface area contributed by atoms with Gasteiger partial charge in [0.15, 0.2) is 0 Å². The van der Waals surface area contributed by atoms with E-state index in [-0.39, 0.29) is 5.91 Å². The Kier molecular flexibility index (Phi) is 4.78. The van der Waals surface area contributed by atoms with Gasteiger partial charge in [-0.1, -0.05) is 43.5 Å². The summed E-state index contributed by atoms with van der Waals surface area (Å²) in [5.74, 6) is 0.529. The van der Waals surface area contributed by atoms with Gasteiger partial charge >= 0.3 is 0 Å². The second-order valence-corrected chi connectivity index (χ2v) is 5.85. The highest BCUT2D eigenvalue weighted by Crippen LogP contribution is 2.32. The predicted molar refractivity (Wildman–Crippen MR) is 85.5 cm³/mol. The van der Waals surface area contributed by atoms with Crippen LogP contribution in [0.25, 0.3) is 0 Å². The summed E-state index contributed by atoms with van der Waals surface area (Å²) in [6.45, 7) is 0.514. The minimum Gasteiger partial charge on any atom is -0.347 e. The van der Waals surface area contributed by atoms with Crippen LogP contribution in [0.3, 0.4) is 0 Å². The van der Waals surface area contributed by atoms with Gasteiger partial charge in [-0.25, -0.2) is 4.98 Å². The summed E-state index contributed by atoms with van der Waals surface area (Å²) in [7, 11) is 0. The minimum absolute atomic E-state index is 0.190. The fraction of sp³-hybridized carbons (Fsp3) is 0.389. The predicted octanol–water partition coefficient (Wildman–Crippen LogP) is 3.45. The molecule has 1 aromatic heterocycles. The molecular formula is C18H21N3O. The quantitative estimate of drug-likeness (QED) is 0.940. The van der Waals surface area contributed by atoms with Gasteiger partial charge in [-0.15, -0.1) is 0 Å². The number of nitrogens with zero attached hydrogens (tertiary/aromatic N) is 2. The van der Waals surface area contributed by atoms with E-state index in [1.54, 1.807) is 6.20 Å². The van der Waals surface area contributed by atoms with Crippen LogP contribution in [0.5, 0.6) is 0 Å². The molecule has 1 aliphatic carbocycles. The zero-order valence-corrected chi connectivity index (χ0v) is 12.7. The lowest BCUT2D eigenvalue weighted by Crippen LogP contribution is -2.23. The number of rotatable bonds is 4. The van der Waals surface area contributed by atoms with Crippen molar-refractivity contribution in [2.75, 3.05) is 0 Å². The van der Waals surface area contributed by atoms with Gasteiger partial charge in [-0.2, -0.15) is 0 Å². The van der Waals surface area contributed by atoms with Crippen LogP contribution in [0.2, 0.25) is 0 Å². The molecule has 0 bridgehead atoms. The maximum atomic E-state index is 11.9. The van der Waals surface area contributed by atoms with Crippen LogP contribution in [-0.4, -0.2) is 15.9 Å². The van der Waals surface area contributed by atoms with Crippen molar-refractivity contribution in [3.05, 3.63) is 59.7 Å². The SMILES string of the molecule is O=C(NCc1ccc(C2CCCCC2)cc1)c1cnccn1. The Hall–Kier alpha value is -2.23. The summed E-state index contributed by atoms with van der Waals surface area (Å²) in [6.07, 6.45) is 11.2. The summed E-state index contributed by atoms with van der Waals surface area (Å²) < 4.78 is 0. The molecule has 1 N–H and O–H groups in total. The molecule has 1 fully saturated rings. The van der Waals surface area contributed by atoms with Crippen LogP contribution in [0, 0.1) is 0 Å². The molecule has 1 saturated carbocycles. The first-order valence-corrected chi connectivity index (χ1v) is 7.96. The first-order valence-electron chi connectivity index (χ1n) is 7.96. The Bertz CT molecular complexity index is 604. The van der Waals surface area contributed by atoms with Gasteiger partial charge in [-0.3, -0.25) is 9.78 Å². The van der Waals surface area contributed by atoms with Crippen molar-refractivity contribution in [2.24, 2.45) is 0 Å². The molecule has 0 unspecified atom stereocenters. The Balaban J connectivity index is 1.56. The van der Waals surface area contributed by atoms with E-state index < -0.39 is 0 Å². The first-order chi connectivity index (χ1) is 10.8. The molecule has 0 aliphatic heterocycles. The molecule has 3 rings (SSSR count). The zero-order valence-electron chi connectivity index (χ0n) is 12.7. The normalized spacial score (nSPS) is 15.5. The molecule has 114 valence electrons. The number of carbonyl (C=O) groups is 1. The molecular weight excluding hydrogens is 274 g/mol.